The zero-order chi connectivity index (χ0) is 14.7. The molecule has 0 aliphatic carbocycles. The number of likely N-dealkylation sites (tertiary alicyclic amines) is 1. The van der Waals surface area contributed by atoms with Crippen molar-refractivity contribution in [3.8, 4) is 0 Å². The molecule has 2 rings (SSSR count). The molecule has 2 atom stereocenters. The van der Waals surface area contributed by atoms with Gasteiger partial charge in [-0.25, -0.2) is 0 Å². The number of anilines is 1. The van der Waals surface area contributed by atoms with Crippen molar-refractivity contribution in [1.82, 2.24) is 4.90 Å². The Balaban J connectivity index is 1.92. The topological polar surface area (TPSA) is 32.3 Å². The lowest BCUT2D eigenvalue weighted by molar-refractivity contribution is -0.117. The van der Waals surface area contributed by atoms with Crippen LogP contribution in [0.5, 0.6) is 0 Å². The first-order valence-corrected chi connectivity index (χ1v) is 8.30. The summed E-state index contributed by atoms with van der Waals surface area (Å²) in [6.45, 7) is 9.13. The average Bonchev–Trinajstić information content (AvgIpc) is 2.31. The molecule has 1 aromatic rings. The fraction of sp³-hybridized carbons (Fsp3) is 0.562. The second-order valence-corrected chi connectivity index (χ2v) is 7.39. The SMILES string of the molecule is Cc1cc(I)ccc1NC(=O)CN1CC(C)CC(C)C1. The molecule has 1 aromatic carbocycles. The van der Waals surface area contributed by atoms with Crippen molar-refractivity contribution in [2.45, 2.75) is 27.2 Å². The Hall–Kier alpha value is -0.620. The highest BCUT2D eigenvalue weighted by atomic mass is 127. The van der Waals surface area contributed by atoms with E-state index < -0.39 is 0 Å². The van der Waals surface area contributed by atoms with E-state index in [1.165, 1.54) is 9.99 Å². The molecular formula is C16H23IN2O. The maximum Gasteiger partial charge on any atom is 0.238 e. The van der Waals surface area contributed by atoms with Crippen LogP contribution in [0.1, 0.15) is 25.8 Å². The van der Waals surface area contributed by atoms with Gasteiger partial charge in [0.2, 0.25) is 5.91 Å². The lowest BCUT2D eigenvalue weighted by Crippen LogP contribution is -2.42. The van der Waals surface area contributed by atoms with Crippen molar-refractivity contribution in [2.75, 3.05) is 25.0 Å². The van der Waals surface area contributed by atoms with Crippen molar-refractivity contribution in [1.29, 1.82) is 0 Å². The second-order valence-electron chi connectivity index (χ2n) is 6.15. The maximum atomic E-state index is 12.2. The van der Waals surface area contributed by atoms with Crippen LogP contribution >= 0.6 is 22.6 Å². The van der Waals surface area contributed by atoms with E-state index in [1.807, 2.05) is 19.1 Å². The number of hydrogen-bond donors (Lipinski definition) is 1. The third-order valence-electron chi connectivity index (χ3n) is 3.77. The Morgan fingerprint density at radius 1 is 1.35 bits per heavy atom. The van der Waals surface area contributed by atoms with Gasteiger partial charge in [-0.2, -0.15) is 0 Å². The molecule has 110 valence electrons. The number of hydrogen-bond acceptors (Lipinski definition) is 2. The number of carbonyl (C=O) groups is 1. The molecule has 0 radical (unpaired) electrons. The van der Waals surface area contributed by atoms with E-state index in [0.29, 0.717) is 18.4 Å². The van der Waals surface area contributed by atoms with Gasteiger partial charge in [-0.05, 0) is 71.5 Å². The molecule has 1 aliphatic heterocycles. The molecule has 1 N–H and O–H groups in total. The van der Waals surface area contributed by atoms with Gasteiger partial charge in [0.25, 0.3) is 0 Å². The van der Waals surface area contributed by atoms with Crippen molar-refractivity contribution in [3.05, 3.63) is 27.3 Å². The van der Waals surface area contributed by atoms with E-state index in [9.17, 15) is 4.79 Å². The lowest BCUT2D eigenvalue weighted by atomic mass is 9.92. The zero-order valence-corrected chi connectivity index (χ0v) is 14.6. The van der Waals surface area contributed by atoms with Crippen molar-refractivity contribution in [2.24, 2.45) is 11.8 Å². The normalized spacial score (nSPS) is 23.6. The van der Waals surface area contributed by atoms with Crippen LogP contribution in [0.15, 0.2) is 18.2 Å². The van der Waals surface area contributed by atoms with E-state index in [-0.39, 0.29) is 5.91 Å². The first kappa shape index (κ1) is 15.8. The van der Waals surface area contributed by atoms with Gasteiger partial charge in [0.1, 0.15) is 0 Å². The third-order valence-corrected chi connectivity index (χ3v) is 4.45. The summed E-state index contributed by atoms with van der Waals surface area (Å²) in [5.74, 6) is 1.47. The Labute approximate surface area is 135 Å². The molecule has 0 bridgehead atoms. The van der Waals surface area contributed by atoms with Crippen LogP contribution < -0.4 is 5.32 Å². The summed E-state index contributed by atoms with van der Waals surface area (Å²) >= 11 is 2.28. The number of nitrogens with one attached hydrogen (secondary N) is 1. The fourth-order valence-corrected chi connectivity index (χ4v) is 3.73. The van der Waals surface area contributed by atoms with Crippen LogP contribution in [-0.2, 0) is 4.79 Å². The van der Waals surface area contributed by atoms with E-state index in [2.05, 4.69) is 52.7 Å². The minimum Gasteiger partial charge on any atom is -0.325 e. The number of nitrogens with zero attached hydrogens (tertiary/aromatic N) is 1. The molecule has 1 amide bonds. The quantitative estimate of drug-likeness (QED) is 0.807. The first-order valence-electron chi connectivity index (χ1n) is 7.22. The van der Waals surface area contributed by atoms with E-state index in [1.54, 1.807) is 0 Å². The number of carbonyl (C=O) groups excluding carboxylic acids is 1. The van der Waals surface area contributed by atoms with Crippen molar-refractivity contribution in [3.63, 3.8) is 0 Å². The predicted octanol–water partition coefficient (Wildman–Crippen LogP) is 3.52. The van der Waals surface area contributed by atoms with Gasteiger partial charge in [-0.15, -0.1) is 0 Å². The largest absolute Gasteiger partial charge is 0.325 e. The minimum absolute atomic E-state index is 0.0932. The molecule has 3 nitrogen and oxygen atoms in total. The zero-order valence-electron chi connectivity index (χ0n) is 12.4. The molecule has 1 fully saturated rings. The standard InChI is InChI=1S/C16H23IN2O/c1-11-6-12(2)9-19(8-11)10-16(20)18-15-5-4-14(17)7-13(15)3/h4-5,7,11-12H,6,8-10H2,1-3H3,(H,18,20). The Bertz CT molecular complexity index is 479. The summed E-state index contributed by atoms with van der Waals surface area (Å²) in [6, 6.07) is 6.09. The maximum absolute atomic E-state index is 12.2. The van der Waals surface area contributed by atoms with Crippen LogP contribution in [0.25, 0.3) is 0 Å². The van der Waals surface area contributed by atoms with Crippen molar-refractivity contribution < 1.29 is 4.79 Å². The fourth-order valence-electron chi connectivity index (χ4n) is 3.08. The summed E-state index contributed by atoms with van der Waals surface area (Å²) in [5, 5.41) is 3.03. The summed E-state index contributed by atoms with van der Waals surface area (Å²) < 4.78 is 1.19. The van der Waals surface area contributed by atoms with Crippen LogP contribution in [0, 0.1) is 22.3 Å². The highest BCUT2D eigenvalue weighted by molar-refractivity contribution is 14.1. The number of aryl methyl sites for hydroxylation is 1. The Kier molecular flexibility index (Phi) is 5.43. The lowest BCUT2D eigenvalue weighted by Gasteiger charge is -2.34. The summed E-state index contributed by atoms with van der Waals surface area (Å²) in [6.07, 6.45) is 1.27. The number of piperidine rings is 1. The second kappa shape index (κ2) is 6.89. The van der Waals surface area contributed by atoms with Gasteiger partial charge in [0.15, 0.2) is 0 Å². The number of benzene rings is 1. The van der Waals surface area contributed by atoms with Crippen LogP contribution in [0.2, 0.25) is 0 Å². The van der Waals surface area contributed by atoms with Gasteiger partial charge < -0.3 is 5.32 Å². The van der Waals surface area contributed by atoms with Gasteiger partial charge in [0, 0.05) is 22.3 Å². The molecule has 1 heterocycles. The summed E-state index contributed by atoms with van der Waals surface area (Å²) in [5.41, 5.74) is 2.04. The number of amides is 1. The first-order chi connectivity index (χ1) is 9.44. The minimum atomic E-state index is 0.0932. The van der Waals surface area contributed by atoms with E-state index in [4.69, 9.17) is 0 Å². The molecule has 0 aromatic heterocycles. The van der Waals surface area contributed by atoms with E-state index in [0.717, 1.165) is 24.3 Å². The molecule has 0 saturated carbocycles. The third kappa shape index (κ3) is 4.45. The highest BCUT2D eigenvalue weighted by Gasteiger charge is 2.23. The molecular weight excluding hydrogens is 363 g/mol. The smallest absolute Gasteiger partial charge is 0.238 e. The van der Waals surface area contributed by atoms with E-state index >= 15 is 0 Å². The van der Waals surface area contributed by atoms with Crippen LogP contribution in [-0.4, -0.2) is 30.4 Å². The number of rotatable bonds is 3. The molecule has 2 unspecified atom stereocenters. The molecule has 1 aliphatic rings. The van der Waals surface area contributed by atoms with Crippen molar-refractivity contribution >= 4 is 34.2 Å². The van der Waals surface area contributed by atoms with Gasteiger partial charge in [0.05, 0.1) is 6.54 Å². The van der Waals surface area contributed by atoms with Crippen LogP contribution in [0.3, 0.4) is 0 Å². The summed E-state index contributed by atoms with van der Waals surface area (Å²) in [4.78, 5) is 14.5. The van der Waals surface area contributed by atoms with Gasteiger partial charge >= 0.3 is 0 Å². The van der Waals surface area contributed by atoms with Gasteiger partial charge in [-0.1, -0.05) is 13.8 Å². The predicted molar refractivity (Wildman–Crippen MR) is 91.9 cm³/mol. The molecule has 20 heavy (non-hydrogen) atoms. The Morgan fingerprint density at radius 3 is 2.60 bits per heavy atom. The molecule has 4 heteroatoms. The van der Waals surface area contributed by atoms with Crippen LogP contribution in [0.4, 0.5) is 5.69 Å². The Morgan fingerprint density at radius 2 is 2.00 bits per heavy atom. The number of halogens is 1. The molecule has 0 spiro atoms. The summed E-state index contributed by atoms with van der Waals surface area (Å²) in [7, 11) is 0. The average molecular weight is 386 g/mol. The van der Waals surface area contributed by atoms with Gasteiger partial charge in [-0.3, -0.25) is 9.69 Å². The highest BCUT2D eigenvalue weighted by Crippen LogP contribution is 2.21. The monoisotopic (exact) mass is 386 g/mol. The molecule has 1 saturated heterocycles.